The van der Waals surface area contributed by atoms with Crippen molar-refractivity contribution in [2.45, 2.75) is 65.5 Å². The summed E-state index contributed by atoms with van der Waals surface area (Å²) in [7, 11) is 0. The number of halogens is 2. The van der Waals surface area contributed by atoms with Crippen LogP contribution in [0.15, 0.2) is 6.07 Å². The lowest BCUT2D eigenvalue weighted by Crippen LogP contribution is -2.34. The predicted molar refractivity (Wildman–Crippen MR) is 121 cm³/mol. The Morgan fingerprint density at radius 1 is 1.29 bits per heavy atom. The summed E-state index contributed by atoms with van der Waals surface area (Å²) in [6.45, 7) is 10.5. The first kappa shape index (κ1) is 25.0. The first-order valence-electron chi connectivity index (χ1n) is 10.7. The summed E-state index contributed by atoms with van der Waals surface area (Å²) in [6, 6.07) is 1.61. The van der Waals surface area contributed by atoms with Crippen LogP contribution in [0.4, 0.5) is 20.6 Å². The number of nitrogens with one attached hydrogen (secondary N) is 2. The van der Waals surface area contributed by atoms with E-state index in [4.69, 9.17) is 21.1 Å². The normalized spacial score (nSPS) is 13.5. The Bertz CT molecular complexity index is 794. The summed E-state index contributed by atoms with van der Waals surface area (Å²) >= 11 is 6.41. The van der Waals surface area contributed by atoms with Crippen molar-refractivity contribution in [3.8, 4) is 0 Å². The smallest absolute Gasteiger partial charge is 0.407 e. The second-order valence-corrected chi connectivity index (χ2v) is 8.85. The van der Waals surface area contributed by atoms with Gasteiger partial charge in [0.1, 0.15) is 5.60 Å². The van der Waals surface area contributed by atoms with Crippen LogP contribution >= 0.6 is 11.6 Å². The van der Waals surface area contributed by atoms with Gasteiger partial charge < -0.3 is 25.0 Å². The van der Waals surface area contributed by atoms with Gasteiger partial charge in [0.05, 0.1) is 28.6 Å². The molecule has 9 heteroatoms. The Morgan fingerprint density at radius 3 is 2.52 bits per heavy atom. The Balaban J connectivity index is 2.14. The molecule has 0 spiro atoms. The average molecular weight is 458 g/mol. The zero-order valence-electron chi connectivity index (χ0n) is 18.9. The highest BCUT2D eigenvalue weighted by Crippen LogP contribution is 2.39. The van der Waals surface area contributed by atoms with Crippen LogP contribution < -0.4 is 15.5 Å². The molecule has 0 heterocycles. The van der Waals surface area contributed by atoms with Crippen LogP contribution in [0.2, 0.25) is 5.02 Å². The van der Waals surface area contributed by atoms with Gasteiger partial charge >= 0.3 is 12.1 Å². The molecule has 1 saturated carbocycles. The number of esters is 1. The Labute approximate surface area is 188 Å². The molecule has 1 aromatic carbocycles. The summed E-state index contributed by atoms with van der Waals surface area (Å²) < 4.78 is 25.8. The molecule has 0 saturated heterocycles. The number of carbonyl (C=O) groups is 2. The third kappa shape index (κ3) is 7.45. The average Bonchev–Trinajstić information content (AvgIpc) is 3.48. The number of hydrogen-bond acceptors (Lipinski definition) is 6. The van der Waals surface area contributed by atoms with Gasteiger partial charge in [-0.05, 0) is 59.9 Å². The highest BCUT2D eigenvalue weighted by atomic mass is 35.5. The van der Waals surface area contributed by atoms with Crippen molar-refractivity contribution in [1.29, 1.82) is 0 Å². The number of amides is 1. The molecule has 0 radical (unpaired) electrons. The van der Waals surface area contributed by atoms with Crippen molar-refractivity contribution in [1.82, 2.24) is 5.32 Å². The minimum atomic E-state index is -0.609. The molecule has 174 valence electrons. The van der Waals surface area contributed by atoms with E-state index in [-0.39, 0.29) is 34.6 Å². The molecule has 1 aliphatic carbocycles. The van der Waals surface area contributed by atoms with E-state index >= 15 is 4.39 Å². The number of rotatable bonds is 10. The van der Waals surface area contributed by atoms with Crippen LogP contribution in [0.25, 0.3) is 0 Å². The number of benzene rings is 1. The van der Waals surface area contributed by atoms with Gasteiger partial charge in [0.15, 0.2) is 5.82 Å². The molecule has 2 N–H and O–H groups in total. The standard InChI is InChI=1S/C22H33ClFN3O4/c1-6-27(12-8-11-25-21(29)31-22(3,4)5)19-16(23)13-15(20(28)30-7-2)18(17(19)24)26-14-9-10-14/h13-14,26H,6-12H2,1-5H3,(H,25,29). The first-order valence-corrected chi connectivity index (χ1v) is 11.1. The molecule has 0 aliphatic heterocycles. The second-order valence-electron chi connectivity index (χ2n) is 8.44. The number of alkyl carbamates (subject to hydrolysis) is 1. The lowest BCUT2D eigenvalue weighted by molar-refractivity contribution is 0.0517. The molecule has 0 aromatic heterocycles. The maximum atomic E-state index is 15.6. The van der Waals surface area contributed by atoms with Crippen molar-refractivity contribution in [2.24, 2.45) is 0 Å². The SMILES string of the molecule is CCOC(=O)c1cc(Cl)c(N(CC)CCCNC(=O)OC(C)(C)C)c(F)c1NC1CC1. The Morgan fingerprint density at radius 2 is 1.97 bits per heavy atom. The van der Waals surface area contributed by atoms with Crippen molar-refractivity contribution in [3.05, 3.63) is 22.5 Å². The lowest BCUT2D eigenvalue weighted by Gasteiger charge is -2.27. The summed E-state index contributed by atoms with van der Waals surface area (Å²) in [6.07, 6.45) is 1.92. The van der Waals surface area contributed by atoms with Crippen molar-refractivity contribution >= 4 is 35.0 Å². The summed E-state index contributed by atoms with van der Waals surface area (Å²) in [4.78, 5) is 25.9. The van der Waals surface area contributed by atoms with Gasteiger partial charge in [0.25, 0.3) is 0 Å². The second kappa shape index (κ2) is 10.9. The number of carbonyl (C=O) groups excluding carboxylic acids is 2. The maximum absolute atomic E-state index is 15.6. The van der Waals surface area contributed by atoms with Gasteiger partial charge in [0, 0.05) is 25.7 Å². The zero-order chi connectivity index (χ0) is 23.2. The van der Waals surface area contributed by atoms with Gasteiger partial charge in [-0.25, -0.2) is 14.0 Å². The monoisotopic (exact) mass is 457 g/mol. The van der Waals surface area contributed by atoms with Crippen molar-refractivity contribution < 1.29 is 23.5 Å². The summed E-state index contributed by atoms with van der Waals surface area (Å²) in [5, 5.41) is 5.95. The molecule has 0 bridgehead atoms. The number of anilines is 2. The fraction of sp³-hybridized carbons (Fsp3) is 0.636. The predicted octanol–water partition coefficient (Wildman–Crippen LogP) is 4.97. The molecule has 7 nitrogen and oxygen atoms in total. The molecule has 1 aliphatic rings. The molecule has 0 unspecified atom stereocenters. The van der Waals surface area contributed by atoms with E-state index in [1.807, 2.05) is 6.92 Å². The number of nitrogens with zero attached hydrogens (tertiary/aromatic N) is 1. The summed E-state index contributed by atoms with van der Waals surface area (Å²) in [5.74, 6) is -1.17. The lowest BCUT2D eigenvalue weighted by atomic mass is 10.1. The van der Waals surface area contributed by atoms with E-state index in [9.17, 15) is 9.59 Å². The number of hydrogen-bond donors (Lipinski definition) is 2. The molecular weight excluding hydrogens is 425 g/mol. The largest absolute Gasteiger partial charge is 0.462 e. The molecule has 2 rings (SSSR count). The van der Waals surface area contributed by atoms with E-state index in [0.29, 0.717) is 26.1 Å². The molecule has 31 heavy (non-hydrogen) atoms. The van der Waals surface area contributed by atoms with Crippen molar-refractivity contribution in [3.63, 3.8) is 0 Å². The Kier molecular flexibility index (Phi) is 8.79. The van der Waals surface area contributed by atoms with Crippen LogP contribution in [-0.2, 0) is 9.47 Å². The van der Waals surface area contributed by atoms with E-state index in [2.05, 4.69) is 10.6 Å². The number of ether oxygens (including phenoxy) is 2. The third-order valence-electron chi connectivity index (χ3n) is 4.59. The zero-order valence-corrected chi connectivity index (χ0v) is 19.7. The topological polar surface area (TPSA) is 79.9 Å². The quantitative estimate of drug-likeness (QED) is 0.381. The molecule has 0 atom stereocenters. The van der Waals surface area contributed by atoms with Crippen LogP contribution in [0, 0.1) is 5.82 Å². The van der Waals surface area contributed by atoms with Crippen molar-refractivity contribution in [2.75, 3.05) is 36.5 Å². The minimum absolute atomic E-state index is 0.0997. The van der Waals surface area contributed by atoms with Crippen LogP contribution in [-0.4, -0.2) is 49.9 Å². The van der Waals surface area contributed by atoms with Crippen LogP contribution in [0.1, 0.15) is 64.2 Å². The third-order valence-corrected chi connectivity index (χ3v) is 4.87. The van der Waals surface area contributed by atoms with Gasteiger partial charge in [-0.15, -0.1) is 0 Å². The van der Waals surface area contributed by atoms with Gasteiger partial charge in [-0.3, -0.25) is 0 Å². The Hall–Kier alpha value is -2.22. The first-order chi connectivity index (χ1) is 14.6. The fourth-order valence-electron chi connectivity index (χ4n) is 3.04. The molecular formula is C22H33ClFN3O4. The van der Waals surface area contributed by atoms with Gasteiger partial charge in [-0.2, -0.15) is 0 Å². The summed E-state index contributed by atoms with van der Waals surface area (Å²) in [5.41, 5.74) is -0.104. The van der Waals surface area contributed by atoms with Gasteiger partial charge in [0.2, 0.25) is 0 Å². The van der Waals surface area contributed by atoms with E-state index < -0.39 is 23.5 Å². The van der Waals surface area contributed by atoms with Crippen LogP contribution in [0.3, 0.4) is 0 Å². The molecule has 1 aromatic rings. The highest BCUT2D eigenvalue weighted by molar-refractivity contribution is 6.34. The van der Waals surface area contributed by atoms with Gasteiger partial charge in [-0.1, -0.05) is 11.6 Å². The fourth-order valence-corrected chi connectivity index (χ4v) is 3.36. The maximum Gasteiger partial charge on any atom is 0.407 e. The minimum Gasteiger partial charge on any atom is -0.462 e. The van der Waals surface area contributed by atoms with E-state index in [1.165, 1.54) is 6.07 Å². The highest BCUT2D eigenvalue weighted by Gasteiger charge is 2.29. The molecule has 1 fully saturated rings. The van der Waals surface area contributed by atoms with E-state index in [1.54, 1.807) is 32.6 Å². The van der Waals surface area contributed by atoms with Crippen LogP contribution in [0.5, 0.6) is 0 Å². The molecule has 1 amide bonds. The van der Waals surface area contributed by atoms with E-state index in [0.717, 1.165) is 12.8 Å².